The highest BCUT2D eigenvalue weighted by Crippen LogP contribution is 2.27. The number of hydrogen-bond acceptors (Lipinski definition) is 4. The highest BCUT2D eigenvalue weighted by molar-refractivity contribution is 9.10. The minimum absolute atomic E-state index is 0.142. The second-order valence-corrected chi connectivity index (χ2v) is 5.58. The van der Waals surface area contributed by atoms with Crippen molar-refractivity contribution in [2.24, 2.45) is 0 Å². The first kappa shape index (κ1) is 15.4. The Morgan fingerprint density at radius 2 is 2.04 bits per heavy atom. The van der Waals surface area contributed by atoms with E-state index in [0.29, 0.717) is 17.9 Å². The fourth-order valence-electron chi connectivity index (χ4n) is 1.96. The average Bonchev–Trinajstić information content (AvgIpc) is 3.07. The van der Waals surface area contributed by atoms with Crippen molar-refractivity contribution in [1.29, 1.82) is 0 Å². The number of ether oxygens (including phenoxy) is 1. The Labute approximate surface area is 140 Å². The molecule has 3 rings (SSSR count). The molecule has 0 radical (unpaired) electrons. The number of aromatic nitrogens is 4. The second-order valence-electron chi connectivity index (χ2n) is 4.66. The fourth-order valence-corrected chi connectivity index (χ4v) is 2.37. The van der Waals surface area contributed by atoms with E-state index in [-0.39, 0.29) is 18.4 Å². The van der Waals surface area contributed by atoms with Crippen molar-refractivity contribution in [3.8, 4) is 5.75 Å². The largest absolute Gasteiger partial charge is 0.488 e. The van der Waals surface area contributed by atoms with Crippen molar-refractivity contribution in [3.05, 3.63) is 69.2 Å². The highest BCUT2D eigenvalue weighted by atomic mass is 79.9. The quantitative estimate of drug-likeness (QED) is 0.707. The normalized spacial score (nSPS) is 10.5. The van der Waals surface area contributed by atoms with Gasteiger partial charge in [0.2, 0.25) is 0 Å². The SMILES string of the molecule is Fc1ccccc1COc1ccc(Br)cc1C[N-]c1nn[nH]n1. The Balaban J connectivity index is 1.72. The molecule has 0 saturated heterocycles. The van der Waals surface area contributed by atoms with Crippen LogP contribution >= 0.6 is 15.9 Å². The summed E-state index contributed by atoms with van der Waals surface area (Å²) < 4.78 is 20.3. The van der Waals surface area contributed by atoms with E-state index in [4.69, 9.17) is 4.74 Å². The zero-order valence-electron chi connectivity index (χ0n) is 11.9. The molecule has 23 heavy (non-hydrogen) atoms. The van der Waals surface area contributed by atoms with E-state index in [1.807, 2.05) is 18.2 Å². The summed E-state index contributed by atoms with van der Waals surface area (Å²) in [6.07, 6.45) is 0. The monoisotopic (exact) mass is 376 g/mol. The van der Waals surface area contributed by atoms with Gasteiger partial charge in [-0.2, -0.15) is 0 Å². The van der Waals surface area contributed by atoms with Crippen molar-refractivity contribution in [3.63, 3.8) is 0 Å². The van der Waals surface area contributed by atoms with Crippen LogP contribution in [-0.4, -0.2) is 20.6 Å². The van der Waals surface area contributed by atoms with Crippen LogP contribution in [-0.2, 0) is 13.2 Å². The first-order chi connectivity index (χ1) is 11.2. The van der Waals surface area contributed by atoms with Crippen LogP contribution < -0.4 is 4.74 Å². The summed E-state index contributed by atoms with van der Waals surface area (Å²) in [5.41, 5.74) is 1.33. The van der Waals surface area contributed by atoms with Crippen LogP contribution in [0.4, 0.5) is 10.3 Å². The molecule has 2 aromatic carbocycles. The summed E-state index contributed by atoms with van der Waals surface area (Å²) >= 11 is 3.42. The standard InChI is InChI=1S/C15H12BrFN5O/c16-12-5-6-14(23-9-10-3-1-2-4-13(10)17)11(7-12)8-18-15-19-21-22-20-15/h1-7H,8-9H2,(H-,18,19,20,21,22)/q-1. The lowest BCUT2D eigenvalue weighted by molar-refractivity contribution is 0.297. The minimum atomic E-state index is -0.289. The van der Waals surface area contributed by atoms with Crippen LogP contribution in [0.2, 0.25) is 0 Å². The van der Waals surface area contributed by atoms with E-state index in [1.165, 1.54) is 6.07 Å². The Kier molecular flexibility index (Phi) is 4.82. The summed E-state index contributed by atoms with van der Waals surface area (Å²) in [5.74, 6) is 0.608. The third kappa shape index (κ3) is 4.04. The first-order valence-corrected chi connectivity index (χ1v) is 7.57. The zero-order valence-corrected chi connectivity index (χ0v) is 13.5. The smallest absolute Gasteiger partial charge is 0.129 e. The second kappa shape index (κ2) is 7.19. The first-order valence-electron chi connectivity index (χ1n) is 6.78. The lowest BCUT2D eigenvalue weighted by Gasteiger charge is -2.14. The summed E-state index contributed by atoms with van der Waals surface area (Å²) in [6, 6.07) is 12.1. The molecule has 3 aromatic rings. The van der Waals surface area contributed by atoms with Gasteiger partial charge in [0.15, 0.2) is 0 Å². The minimum Gasteiger partial charge on any atom is -0.488 e. The molecule has 0 aliphatic heterocycles. The van der Waals surface area contributed by atoms with Gasteiger partial charge in [-0.3, -0.25) is 15.4 Å². The maximum absolute atomic E-state index is 13.7. The van der Waals surface area contributed by atoms with E-state index >= 15 is 0 Å². The summed E-state index contributed by atoms with van der Waals surface area (Å²) in [5, 5.41) is 17.6. The van der Waals surface area contributed by atoms with Gasteiger partial charge in [-0.15, -0.1) is 5.21 Å². The van der Waals surface area contributed by atoms with Crippen LogP contribution in [0.15, 0.2) is 46.9 Å². The van der Waals surface area contributed by atoms with Crippen LogP contribution in [0.3, 0.4) is 0 Å². The molecule has 1 N–H and O–H groups in total. The van der Waals surface area contributed by atoms with Gasteiger partial charge < -0.3 is 10.1 Å². The molecular weight excluding hydrogens is 365 g/mol. The Morgan fingerprint density at radius 1 is 1.17 bits per heavy atom. The van der Waals surface area contributed by atoms with Crippen LogP contribution in [0.5, 0.6) is 5.75 Å². The van der Waals surface area contributed by atoms with E-state index in [2.05, 4.69) is 41.9 Å². The van der Waals surface area contributed by atoms with Gasteiger partial charge in [-0.25, -0.2) is 4.39 Å². The number of halogens is 2. The number of nitrogens with zero attached hydrogens (tertiary/aromatic N) is 4. The molecule has 0 spiro atoms. The number of H-pyrrole nitrogens is 1. The molecule has 6 nitrogen and oxygen atoms in total. The van der Waals surface area contributed by atoms with Crippen molar-refractivity contribution in [1.82, 2.24) is 20.6 Å². The molecule has 118 valence electrons. The fraction of sp³-hybridized carbons (Fsp3) is 0.133. The zero-order chi connectivity index (χ0) is 16.1. The third-order valence-electron chi connectivity index (χ3n) is 3.09. The van der Waals surface area contributed by atoms with Gasteiger partial charge in [-0.05, 0) is 24.3 Å². The molecule has 1 heterocycles. The number of rotatable bonds is 6. The van der Waals surface area contributed by atoms with E-state index in [9.17, 15) is 4.39 Å². The average molecular weight is 377 g/mol. The Hall–Kier alpha value is -2.48. The number of nitrogens with one attached hydrogen (secondary N) is 1. The predicted molar refractivity (Wildman–Crippen MR) is 85.8 cm³/mol. The van der Waals surface area contributed by atoms with Crippen molar-refractivity contribution in [2.45, 2.75) is 13.2 Å². The Bertz CT molecular complexity index is 781. The third-order valence-corrected chi connectivity index (χ3v) is 3.58. The van der Waals surface area contributed by atoms with Gasteiger partial charge >= 0.3 is 0 Å². The van der Waals surface area contributed by atoms with Crippen LogP contribution in [0.1, 0.15) is 11.1 Å². The molecule has 0 saturated carbocycles. The van der Waals surface area contributed by atoms with Crippen molar-refractivity contribution >= 4 is 21.9 Å². The summed E-state index contributed by atoms with van der Waals surface area (Å²) in [7, 11) is 0. The number of benzene rings is 2. The highest BCUT2D eigenvalue weighted by Gasteiger charge is 2.07. The van der Waals surface area contributed by atoms with Gasteiger partial charge in [0, 0.05) is 22.1 Å². The summed E-state index contributed by atoms with van der Waals surface area (Å²) in [6.45, 7) is 0.467. The van der Waals surface area contributed by atoms with E-state index in [1.54, 1.807) is 18.2 Å². The maximum atomic E-state index is 13.7. The molecular formula is C15H12BrFN5O-. The molecule has 0 bridgehead atoms. The van der Waals surface area contributed by atoms with Gasteiger partial charge in [-0.1, -0.05) is 34.1 Å². The molecule has 0 aliphatic rings. The molecule has 0 aliphatic carbocycles. The molecule has 1 aromatic heterocycles. The molecule has 0 atom stereocenters. The van der Waals surface area contributed by atoms with Crippen LogP contribution in [0.25, 0.3) is 5.32 Å². The molecule has 0 unspecified atom stereocenters. The van der Waals surface area contributed by atoms with Crippen LogP contribution in [0, 0.1) is 5.82 Å². The summed E-state index contributed by atoms with van der Waals surface area (Å²) in [4.78, 5) is 0. The predicted octanol–water partition coefficient (Wildman–Crippen LogP) is 3.89. The van der Waals surface area contributed by atoms with Gasteiger partial charge in [0.25, 0.3) is 0 Å². The lowest BCUT2D eigenvalue weighted by atomic mass is 10.2. The topological polar surface area (TPSA) is 77.8 Å². The molecule has 0 fully saturated rings. The van der Waals surface area contributed by atoms with Crippen molar-refractivity contribution < 1.29 is 9.13 Å². The number of tetrazole rings is 1. The van der Waals surface area contributed by atoms with Gasteiger partial charge in [0.1, 0.15) is 18.2 Å². The van der Waals surface area contributed by atoms with Gasteiger partial charge in [0.05, 0.1) is 5.95 Å². The lowest BCUT2D eigenvalue weighted by Crippen LogP contribution is -2.00. The maximum Gasteiger partial charge on any atom is 0.129 e. The number of hydrogen-bond donors (Lipinski definition) is 1. The number of aromatic amines is 1. The molecule has 8 heteroatoms. The Morgan fingerprint density at radius 3 is 2.83 bits per heavy atom. The van der Waals surface area contributed by atoms with Crippen molar-refractivity contribution in [2.75, 3.05) is 0 Å². The van der Waals surface area contributed by atoms with E-state index in [0.717, 1.165) is 10.0 Å². The molecule has 0 amide bonds. The van der Waals surface area contributed by atoms with E-state index < -0.39 is 0 Å².